The van der Waals surface area contributed by atoms with Crippen molar-refractivity contribution >= 4 is 83.3 Å². The summed E-state index contributed by atoms with van der Waals surface area (Å²) in [5, 5.41) is 5.53. The Morgan fingerprint density at radius 3 is 0.885 bits per heavy atom. The first-order valence-electron chi connectivity index (χ1n) is 28.4. The van der Waals surface area contributed by atoms with E-state index < -0.39 is 17.9 Å². The van der Waals surface area contributed by atoms with Crippen LogP contribution in [0.15, 0.2) is 164 Å². The highest BCUT2D eigenvalue weighted by atomic mass is 16.5. The summed E-state index contributed by atoms with van der Waals surface area (Å²) in [6.45, 7) is 8.38. The van der Waals surface area contributed by atoms with Gasteiger partial charge in [0.25, 0.3) is 0 Å². The molecule has 0 saturated heterocycles. The molecule has 12 aromatic rings. The number of carbonyl (C=O) groups excluding carboxylic acids is 3. The maximum atomic E-state index is 12.4. The Morgan fingerprint density at radius 1 is 0.356 bits per heavy atom. The predicted molar refractivity (Wildman–Crippen MR) is 333 cm³/mol. The average molecular weight is 1170 g/mol. The molecule has 0 aliphatic rings. The van der Waals surface area contributed by atoms with Crippen LogP contribution in [0.1, 0.15) is 85.6 Å². The molecule has 0 spiro atoms. The van der Waals surface area contributed by atoms with Gasteiger partial charge in [-0.05, 0) is 92.1 Å². The Balaban J connectivity index is 0.000000144. The van der Waals surface area contributed by atoms with Gasteiger partial charge in [-0.3, -0.25) is 0 Å². The van der Waals surface area contributed by atoms with Gasteiger partial charge in [0.2, 0.25) is 0 Å². The van der Waals surface area contributed by atoms with Crippen LogP contribution >= 0.6 is 0 Å². The second-order valence-corrected chi connectivity index (χ2v) is 19.9. The van der Waals surface area contributed by atoms with Crippen molar-refractivity contribution in [3.05, 3.63) is 215 Å². The Bertz CT molecular complexity index is 3900. The molecule has 0 unspecified atom stereocenters. The van der Waals surface area contributed by atoms with Gasteiger partial charge in [0.1, 0.15) is 37.1 Å². The van der Waals surface area contributed by atoms with Crippen molar-refractivity contribution in [2.75, 3.05) is 41.2 Å². The van der Waals surface area contributed by atoms with Crippen LogP contribution in [0.5, 0.6) is 17.2 Å². The summed E-state index contributed by atoms with van der Waals surface area (Å²) >= 11 is 0. The lowest BCUT2D eigenvalue weighted by Crippen LogP contribution is -2.11. The molecule has 0 aliphatic carbocycles. The SMILES string of the molecule is CCOC(=O)c1ncc2[nH]c3ccc(OCc4ccccc4)cc3c2c1COC.CCOC(=O)c1ncc2[nH]c3ccc(OCc4ccccc4)cc3c2c1COC.CCOC(=O)c1ncc2[nH]c3ccc(OCc4ccccc4)cc3c2c1COC. The fourth-order valence-electron chi connectivity index (χ4n) is 10.3. The number of carbonyl (C=O) groups is 3. The van der Waals surface area contributed by atoms with Gasteiger partial charge in [0.15, 0.2) is 17.1 Å². The molecule has 0 saturated carbocycles. The third-order valence-corrected chi connectivity index (χ3v) is 14.1. The number of benzene rings is 6. The summed E-state index contributed by atoms with van der Waals surface area (Å²) in [5.41, 5.74) is 11.5. The Kier molecular flexibility index (Phi) is 19.7. The zero-order chi connectivity index (χ0) is 60.7. The van der Waals surface area contributed by atoms with E-state index >= 15 is 0 Å². The number of pyridine rings is 3. The molecule has 0 bridgehead atoms. The van der Waals surface area contributed by atoms with E-state index in [1.54, 1.807) is 60.7 Å². The van der Waals surface area contributed by atoms with Crippen molar-refractivity contribution in [1.82, 2.24) is 29.9 Å². The molecule has 6 heterocycles. The van der Waals surface area contributed by atoms with Gasteiger partial charge in [-0.1, -0.05) is 91.0 Å². The van der Waals surface area contributed by atoms with E-state index in [0.29, 0.717) is 36.5 Å². The van der Waals surface area contributed by atoms with Crippen molar-refractivity contribution in [3.63, 3.8) is 0 Å². The van der Waals surface area contributed by atoms with Crippen LogP contribution in [0.3, 0.4) is 0 Å². The molecule has 0 aliphatic heterocycles. The van der Waals surface area contributed by atoms with Gasteiger partial charge in [0.05, 0.1) is 74.8 Å². The standard InChI is InChI=1S/3C23H22N2O4/c3*1-3-28-23(26)22-18(14-27-2)21-17-11-16(29-13-15-7-5-4-6-8-15)9-10-19(17)25-20(21)12-24-22/h3*4-12,25H,3,13-14H2,1-2H3. The lowest BCUT2D eigenvalue weighted by molar-refractivity contribution is 0.0505. The number of fused-ring (bicyclic) bond motifs is 9. The summed E-state index contributed by atoms with van der Waals surface area (Å²) in [7, 11) is 4.78. The molecular formula is C69H66N6O12. The van der Waals surface area contributed by atoms with Crippen molar-refractivity contribution in [1.29, 1.82) is 0 Å². The number of nitrogens with one attached hydrogen (secondary N) is 3. The third-order valence-electron chi connectivity index (χ3n) is 14.1. The van der Waals surface area contributed by atoms with Crippen LogP contribution in [-0.4, -0.2) is 89.0 Å². The molecule has 0 fully saturated rings. The van der Waals surface area contributed by atoms with E-state index in [1.807, 2.05) is 146 Å². The average Bonchev–Trinajstić information content (AvgIpc) is 2.79. The Hall–Kier alpha value is -10.1. The van der Waals surface area contributed by atoms with Crippen molar-refractivity contribution in [2.24, 2.45) is 0 Å². The van der Waals surface area contributed by atoms with E-state index in [0.717, 1.165) is 99.4 Å². The monoisotopic (exact) mass is 1170 g/mol. The van der Waals surface area contributed by atoms with E-state index in [4.69, 9.17) is 42.6 Å². The summed E-state index contributed by atoms with van der Waals surface area (Å²) < 4.78 is 49.6. The number of aromatic amines is 3. The van der Waals surface area contributed by atoms with Crippen molar-refractivity contribution in [3.8, 4) is 17.2 Å². The van der Waals surface area contributed by atoms with Gasteiger partial charge in [-0.25, -0.2) is 29.3 Å². The third kappa shape index (κ3) is 13.8. The number of hydrogen-bond donors (Lipinski definition) is 3. The van der Waals surface area contributed by atoms with Crippen molar-refractivity contribution in [2.45, 2.75) is 60.4 Å². The Labute approximate surface area is 501 Å². The van der Waals surface area contributed by atoms with E-state index in [2.05, 4.69) is 29.9 Å². The fraction of sp³-hybridized carbons (Fsp3) is 0.217. The maximum absolute atomic E-state index is 12.4. The topological polar surface area (TPSA) is 220 Å². The van der Waals surface area contributed by atoms with Gasteiger partial charge in [0, 0.05) is 86.9 Å². The number of nitrogens with zero attached hydrogens (tertiary/aromatic N) is 3. The summed E-state index contributed by atoms with van der Waals surface area (Å²) in [5.74, 6) is 0.896. The van der Waals surface area contributed by atoms with Gasteiger partial charge in [-0.2, -0.15) is 0 Å². The number of rotatable bonds is 21. The van der Waals surface area contributed by atoms with Gasteiger partial charge < -0.3 is 57.6 Å². The molecule has 3 N–H and O–H groups in total. The molecule has 18 nitrogen and oxygen atoms in total. The minimum absolute atomic E-state index is 0.251. The molecular weight excluding hydrogens is 1100 g/mol. The number of methoxy groups -OCH3 is 3. The maximum Gasteiger partial charge on any atom is 0.357 e. The first-order valence-corrected chi connectivity index (χ1v) is 28.4. The summed E-state index contributed by atoms with van der Waals surface area (Å²) in [4.78, 5) is 60.2. The highest BCUT2D eigenvalue weighted by Gasteiger charge is 2.24. The number of esters is 3. The predicted octanol–water partition coefficient (Wildman–Crippen LogP) is 13.9. The number of ether oxygens (including phenoxy) is 9. The second kappa shape index (κ2) is 28.6. The van der Waals surface area contributed by atoms with Crippen LogP contribution < -0.4 is 14.2 Å². The molecule has 18 heteroatoms. The molecule has 0 amide bonds. The molecule has 12 rings (SSSR count). The second-order valence-electron chi connectivity index (χ2n) is 19.9. The number of aromatic nitrogens is 6. The van der Waals surface area contributed by atoms with Crippen molar-refractivity contribution < 1.29 is 57.0 Å². The molecule has 444 valence electrons. The minimum atomic E-state index is -0.452. The Morgan fingerprint density at radius 2 is 0.632 bits per heavy atom. The van der Waals surface area contributed by atoms with Crippen LogP contribution in [0.2, 0.25) is 0 Å². The fourth-order valence-corrected chi connectivity index (χ4v) is 10.3. The molecule has 6 aromatic carbocycles. The zero-order valence-electron chi connectivity index (χ0n) is 49.2. The van der Waals surface area contributed by atoms with E-state index in [1.165, 1.54) is 0 Å². The van der Waals surface area contributed by atoms with E-state index in [-0.39, 0.29) is 56.7 Å². The normalized spacial score (nSPS) is 11.1. The molecule has 0 radical (unpaired) electrons. The highest BCUT2D eigenvalue weighted by molar-refractivity contribution is 6.13. The number of hydrogen-bond acceptors (Lipinski definition) is 15. The first kappa shape index (κ1) is 60.0. The summed E-state index contributed by atoms with van der Waals surface area (Å²) in [6.07, 6.45) is 4.97. The minimum Gasteiger partial charge on any atom is -0.489 e. The van der Waals surface area contributed by atoms with E-state index in [9.17, 15) is 14.4 Å². The highest BCUT2D eigenvalue weighted by Crippen LogP contribution is 2.36. The lowest BCUT2D eigenvalue weighted by Gasteiger charge is -2.10. The van der Waals surface area contributed by atoms with Crippen LogP contribution in [-0.2, 0) is 68.1 Å². The van der Waals surface area contributed by atoms with Gasteiger partial charge >= 0.3 is 17.9 Å². The molecule has 87 heavy (non-hydrogen) atoms. The lowest BCUT2D eigenvalue weighted by atomic mass is 10.1. The van der Waals surface area contributed by atoms with Crippen LogP contribution in [0, 0.1) is 0 Å². The summed E-state index contributed by atoms with van der Waals surface area (Å²) in [6, 6.07) is 47.6. The number of H-pyrrole nitrogens is 3. The molecule has 6 aromatic heterocycles. The largest absolute Gasteiger partial charge is 0.489 e. The smallest absolute Gasteiger partial charge is 0.357 e. The quantitative estimate of drug-likeness (QED) is 0.0450. The van der Waals surface area contributed by atoms with Crippen LogP contribution in [0.25, 0.3) is 65.4 Å². The first-order chi connectivity index (χ1) is 42.6. The van der Waals surface area contributed by atoms with Crippen LogP contribution in [0.4, 0.5) is 0 Å². The zero-order valence-corrected chi connectivity index (χ0v) is 49.2. The molecule has 0 atom stereocenters. The van der Waals surface area contributed by atoms with Gasteiger partial charge in [-0.15, -0.1) is 0 Å².